The molecule has 11 aromatic rings. The Hall–Kier alpha value is -8.74. The molecular formula is C61H44N6. The van der Waals surface area contributed by atoms with Gasteiger partial charge in [-0.25, -0.2) is 9.98 Å². The maximum Gasteiger partial charge on any atom is 0.209 e. The van der Waals surface area contributed by atoms with Crippen molar-refractivity contribution in [2.75, 3.05) is 11.9 Å². The molecule has 0 fully saturated rings. The number of hydrogen-bond acceptors (Lipinski definition) is 4. The number of rotatable bonds is 6. The highest BCUT2D eigenvalue weighted by Gasteiger charge is 2.26. The zero-order valence-corrected chi connectivity index (χ0v) is 36.6. The highest BCUT2D eigenvalue weighted by molar-refractivity contribution is 6.16. The molecule has 67 heavy (non-hydrogen) atoms. The van der Waals surface area contributed by atoms with E-state index in [-0.39, 0.29) is 12.0 Å². The molecule has 4 heterocycles. The van der Waals surface area contributed by atoms with Crippen molar-refractivity contribution < 1.29 is 0 Å². The summed E-state index contributed by atoms with van der Waals surface area (Å²) in [5, 5.41) is 12.5. The number of para-hydroxylation sites is 2. The summed E-state index contributed by atoms with van der Waals surface area (Å²) in [6, 6.07) is 80.2. The Labute approximate surface area is 388 Å². The molecule has 13 rings (SSSR count). The van der Waals surface area contributed by atoms with Gasteiger partial charge in [-0.15, -0.1) is 0 Å². The summed E-state index contributed by atoms with van der Waals surface area (Å²) in [6.07, 6.45) is 2.23. The molecule has 6 nitrogen and oxygen atoms in total. The normalized spacial score (nSPS) is 15.9. The number of anilines is 1. The fourth-order valence-electron chi connectivity index (χ4n) is 10.3. The minimum atomic E-state index is -0.0706. The van der Waals surface area contributed by atoms with Crippen LogP contribution in [0.2, 0.25) is 0 Å². The Morgan fingerprint density at radius 1 is 0.418 bits per heavy atom. The Kier molecular flexibility index (Phi) is 9.27. The minimum Gasteiger partial charge on any atom is -0.382 e. The molecule has 0 radical (unpaired) electrons. The molecule has 318 valence electrons. The van der Waals surface area contributed by atoms with Gasteiger partial charge < -0.3 is 15.2 Å². The second-order valence-electron chi connectivity index (χ2n) is 17.5. The summed E-state index contributed by atoms with van der Waals surface area (Å²) in [5.74, 6) is 0.876. The predicted molar refractivity (Wildman–Crippen MR) is 279 cm³/mol. The Morgan fingerprint density at radius 2 is 0.955 bits per heavy atom. The van der Waals surface area contributed by atoms with Crippen LogP contribution in [0, 0.1) is 0 Å². The molecule has 0 spiro atoms. The molecule has 2 N–H and O–H groups in total. The Balaban J connectivity index is 0.945. The monoisotopic (exact) mass is 860 g/mol. The molecule has 2 aliphatic rings. The minimum absolute atomic E-state index is 0.0706. The van der Waals surface area contributed by atoms with E-state index in [1.165, 1.54) is 32.7 Å². The van der Waals surface area contributed by atoms with Gasteiger partial charge in [-0.3, -0.25) is 4.57 Å². The van der Waals surface area contributed by atoms with E-state index in [2.05, 4.69) is 250 Å². The summed E-state index contributed by atoms with van der Waals surface area (Å²) in [4.78, 5) is 10.8. The topological polar surface area (TPSA) is 58.6 Å². The van der Waals surface area contributed by atoms with Crippen molar-refractivity contribution in [1.82, 2.24) is 14.5 Å². The smallest absolute Gasteiger partial charge is 0.209 e. The lowest BCUT2D eigenvalue weighted by Crippen LogP contribution is -2.35. The fourth-order valence-corrected chi connectivity index (χ4v) is 10.3. The molecule has 6 heteroatoms. The average Bonchev–Trinajstić information content (AvgIpc) is 3.83. The van der Waals surface area contributed by atoms with Gasteiger partial charge in [-0.2, -0.15) is 0 Å². The maximum atomic E-state index is 5.42. The Morgan fingerprint density at radius 3 is 1.61 bits per heavy atom. The second kappa shape index (κ2) is 16.1. The first kappa shape index (κ1) is 38.7. The van der Waals surface area contributed by atoms with Gasteiger partial charge in [-0.05, 0) is 76.4 Å². The van der Waals surface area contributed by atoms with Gasteiger partial charge in [-0.1, -0.05) is 182 Å². The van der Waals surface area contributed by atoms with Gasteiger partial charge >= 0.3 is 0 Å². The molecular weight excluding hydrogens is 817 g/mol. The van der Waals surface area contributed by atoms with Crippen LogP contribution < -0.4 is 10.6 Å². The van der Waals surface area contributed by atoms with Gasteiger partial charge in [0, 0.05) is 45.3 Å². The van der Waals surface area contributed by atoms with Gasteiger partial charge in [0.15, 0.2) is 0 Å². The number of nitrogens with zero attached hydrogens (tertiary/aromatic N) is 4. The first-order valence-electron chi connectivity index (χ1n) is 23.0. The van der Waals surface area contributed by atoms with E-state index in [4.69, 9.17) is 9.98 Å². The number of benzene rings is 9. The van der Waals surface area contributed by atoms with Crippen LogP contribution in [0.1, 0.15) is 34.2 Å². The number of nitrogens with one attached hydrogen (secondary N) is 2. The SMILES string of the molecule is C1=C(c2ccccc2)N=C(n2c3ccccc3c3ccc(-c4ccc5c6ccccc6n(-c6ccc7c(c6)NCC(c6ccccc6)C(c6ccccc6)=N7)c5c4)cc32)NC1c1ccccc1. The van der Waals surface area contributed by atoms with E-state index in [0.717, 1.165) is 85.3 Å². The van der Waals surface area contributed by atoms with E-state index < -0.39 is 0 Å². The molecule has 2 aromatic heterocycles. The highest BCUT2D eigenvalue weighted by Crippen LogP contribution is 2.41. The lowest BCUT2D eigenvalue weighted by atomic mass is 9.90. The molecule has 0 saturated carbocycles. The third-order valence-electron chi connectivity index (χ3n) is 13.5. The summed E-state index contributed by atoms with van der Waals surface area (Å²) in [6.45, 7) is 0.726. The Bertz CT molecular complexity index is 3770. The molecule has 2 unspecified atom stereocenters. The lowest BCUT2D eigenvalue weighted by Gasteiger charge is -2.25. The molecule has 0 saturated heterocycles. The van der Waals surface area contributed by atoms with Gasteiger partial charge in [0.05, 0.1) is 50.9 Å². The summed E-state index contributed by atoms with van der Waals surface area (Å²) in [5.41, 5.74) is 16.4. The van der Waals surface area contributed by atoms with E-state index in [1.54, 1.807) is 0 Å². The third-order valence-corrected chi connectivity index (χ3v) is 13.5. The van der Waals surface area contributed by atoms with E-state index in [0.29, 0.717) is 0 Å². The molecule has 0 bridgehead atoms. The second-order valence-corrected chi connectivity index (χ2v) is 17.5. The largest absolute Gasteiger partial charge is 0.382 e. The zero-order chi connectivity index (χ0) is 44.3. The van der Waals surface area contributed by atoms with Crippen LogP contribution in [0.25, 0.3) is 66.1 Å². The van der Waals surface area contributed by atoms with Gasteiger partial charge in [0.1, 0.15) is 0 Å². The van der Waals surface area contributed by atoms with Crippen LogP contribution in [-0.4, -0.2) is 27.4 Å². The zero-order valence-electron chi connectivity index (χ0n) is 36.6. The van der Waals surface area contributed by atoms with Gasteiger partial charge in [0.25, 0.3) is 0 Å². The molecule has 0 aliphatic carbocycles. The summed E-state index contributed by atoms with van der Waals surface area (Å²) < 4.78 is 4.72. The van der Waals surface area contributed by atoms with Crippen molar-refractivity contribution in [1.29, 1.82) is 0 Å². The number of fused-ring (bicyclic) bond motifs is 7. The third kappa shape index (κ3) is 6.72. The van der Waals surface area contributed by atoms with E-state index in [9.17, 15) is 0 Å². The number of aliphatic imine (C=N–C) groups is 2. The van der Waals surface area contributed by atoms with Crippen LogP contribution in [0.3, 0.4) is 0 Å². The van der Waals surface area contributed by atoms with Gasteiger partial charge in [0.2, 0.25) is 5.96 Å². The van der Waals surface area contributed by atoms with E-state index in [1.807, 2.05) is 0 Å². The van der Waals surface area contributed by atoms with Crippen molar-refractivity contribution in [3.8, 4) is 16.8 Å². The van der Waals surface area contributed by atoms with Crippen molar-refractivity contribution >= 4 is 72.4 Å². The van der Waals surface area contributed by atoms with Crippen molar-refractivity contribution in [2.24, 2.45) is 9.98 Å². The van der Waals surface area contributed by atoms with Crippen LogP contribution in [0.4, 0.5) is 11.4 Å². The number of hydrogen-bond donors (Lipinski definition) is 2. The van der Waals surface area contributed by atoms with Crippen molar-refractivity contribution in [2.45, 2.75) is 12.0 Å². The molecule has 2 aliphatic heterocycles. The summed E-state index contributed by atoms with van der Waals surface area (Å²) >= 11 is 0. The molecule has 0 amide bonds. The predicted octanol–water partition coefficient (Wildman–Crippen LogP) is 14.5. The fraction of sp³-hybridized carbons (Fsp3) is 0.0492. The van der Waals surface area contributed by atoms with Crippen molar-refractivity contribution in [3.05, 3.63) is 253 Å². The highest BCUT2D eigenvalue weighted by atomic mass is 15.2. The summed E-state index contributed by atoms with van der Waals surface area (Å²) in [7, 11) is 0. The van der Waals surface area contributed by atoms with Crippen LogP contribution in [0.5, 0.6) is 0 Å². The molecule has 2 atom stereocenters. The first-order chi connectivity index (χ1) is 33.2. The van der Waals surface area contributed by atoms with Crippen molar-refractivity contribution in [3.63, 3.8) is 0 Å². The molecule has 9 aromatic carbocycles. The first-order valence-corrected chi connectivity index (χ1v) is 23.0. The number of aromatic nitrogens is 2. The van der Waals surface area contributed by atoms with E-state index >= 15 is 0 Å². The van der Waals surface area contributed by atoms with Crippen LogP contribution >= 0.6 is 0 Å². The quantitative estimate of drug-likeness (QED) is 0.175. The lowest BCUT2D eigenvalue weighted by molar-refractivity contribution is 0.760. The average molecular weight is 861 g/mol. The maximum absolute atomic E-state index is 5.42. The standard InChI is InChI=1S/C61H44N6/c1-5-17-40(18-6-1)51-39-62-55-37-46(31-34-52(55)63-60(51)43-23-11-4-12-24-43)66-56-27-15-13-25-47(56)49-32-29-44(35-58(49)66)45-30-33-50-48-26-14-16-28-57(48)67(59(50)36-45)61-64-53(41-19-7-2-8-20-41)38-54(65-61)42-21-9-3-10-22-42/h1-38,51,53,62H,39H2,(H,64,65). The van der Waals surface area contributed by atoms with Crippen LogP contribution in [0.15, 0.2) is 241 Å². The van der Waals surface area contributed by atoms with Crippen LogP contribution in [-0.2, 0) is 0 Å².